The van der Waals surface area contributed by atoms with Crippen molar-refractivity contribution >= 4 is 22.9 Å². The minimum Gasteiger partial charge on any atom is -0.394 e. The van der Waals surface area contributed by atoms with E-state index in [9.17, 15) is 4.79 Å². The van der Waals surface area contributed by atoms with Gasteiger partial charge in [0.15, 0.2) is 0 Å². The summed E-state index contributed by atoms with van der Waals surface area (Å²) in [5, 5.41) is 16.1. The minimum absolute atomic E-state index is 0.0454. The van der Waals surface area contributed by atoms with Crippen LogP contribution >= 0.6 is 11.3 Å². The summed E-state index contributed by atoms with van der Waals surface area (Å²) in [6.07, 6.45) is 9.16. The van der Waals surface area contributed by atoms with Crippen LogP contribution in [0.25, 0.3) is 16.1 Å². The minimum atomic E-state index is -0.104. The molecule has 0 aliphatic carbocycles. The molecule has 4 aromatic rings. The second-order valence-corrected chi connectivity index (χ2v) is 6.87. The first kappa shape index (κ1) is 16.5. The lowest BCUT2D eigenvalue weighted by Crippen LogP contribution is -2.21. The van der Waals surface area contributed by atoms with Crippen molar-refractivity contribution in [2.75, 3.05) is 6.61 Å². The number of thiophene rings is 1. The van der Waals surface area contributed by atoms with Gasteiger partial charge in [-0.3, -0.25) is 9.48 Å². The molecular formula is C18H17N5O2S. The second-order valence-electron chi connectivity index (χ2n) is 5.79. The van der Waals surface area contributed by atoms with Crippen LogP contribution in [0.5, 0.6) is 0 Å². The number of nitrogens with one attached hydrogen (secondary N) is 1. The SMILES string of the molecule is O=C(NCc1ccn2ccnc2c1)c1ccc(-c2cnn(CCO)c2)s1. The number of carbonyl (C=O) groups is 1. The fraction of sp³-hybridized carbons (Fsp3) is 0.167. The van der Waals surface area contributed by atoms with Crippen molar-refractivity contribution < 1.29 is 9.90 Å². The first-order valence-corrected chi connectivity index (χ1v) is 8.98. The van der Waals surface area contributed by atoms with Crippen molar-refractivity contribution in [3.8, 4) is 10.4 Å². The largest absolute Gasteiger partial charge is 0.394 e. The number of nitrogens with zero attached hydrogens (tertiary/aromatic N) is 4. The predicted octanol–water partition coefficient (Wildman–Crippen LogP) is 2.18. The topological polar surface area (TPSA) is 84.5 Å². The number of rotatable bonds is 6. The van der Waals surface area contributed by atoms with Gasteiger partial charge in [0.05, 0.1) is 24.2 Å². The smallest absolute Gasteiger partial charge is 0.261 e. The molecule has 2 N–H and O–H groups in total. The van der Waals surface area contributed by atoms with Gasteiger partial charge < -0.3 is 14.8 Å². The van der Waals surface area contributed by atoms with Crippen molar-refractivity contribution in [3.63, 3.8) is 0 Å². The van der Waals surface area contributed by atoms with Gasteiger partial charge in [0.2, 0.25) is 0 Å². The Balaban J connectivity index is 1.42. The molecule has 0 aliphatic rings. The number of aliphatic hydroxyl groups excluding tert-OH is 1. The molecule has 4 aromatic heterocycles. The number of aromatic nitrogens is 4. The molecule has 0 saturated carbocycles. The first-order chi connectivity index (χ1) is 12.7. The summed E-state index contributed by atoms with van der Waals surface area (Å²) >= 11 is 1.42. The molecule has 7 nitrogen and oxygen atoms in total. The predicted molar refractivity (Wildman–Crippen MR) is 99.0 cm³/mol. The van der Waals surface area contributed by atoms with Crippen molar-refractivity contribution in [1.29, 1.82) is 0 Å². The van der Waals surface area contributed by atoms with Crippen LogP contribution in [0, 0.1) is 0 Å². The van der Waals surface area contributed by atoms with E-state index in [0.29, 0.717) is 18.0 Å². The average molecular weight is 367 g/mol. The van der Waals surface area contributed by atoms with Crippen LogP contribution in [0.15, 0.2) is 55.2 Å². The first-order valence-electron chi connectivity index (χ1n) is 8.16. The maximum absolute atomic E-state index is 12.4. The number of carbonyl (C=O) groups excluding carboxylic acids is 1. The maximum Gasteiger partial charge on any atom is 0.261 e. The number of imidazole rings is 1. The fourth-order valence-electron chi connectivity index (χ4n) is 2.66. The van der Waals surface area contributed by atoms with Crippen molar-refractivity contribution in [2.45, 2.75) is 13.1 Å². The van der Waals surface area contributed by atoms with E-state index >= 15 is 0 Å². The zero-order valence-corrected chi connectivity index (χ0v) is 14.7. The third kappa shape index (κ3) is 3.37. The quantitative estimate of drug-likeness (QED) is 0.547. The molecular weight excluding hydrogens is 350 g/mol. The van der Waals surface area contributed by atoms with Gasteiger partial charge in [-0.1, -0.05) is 0 Å². The summed E-state index contributed by atoms with van der Waals surface area (Å²) in [5.41, 5.74) is 2.79. The van der Waals surface area contributed by atoms with Gasteiger partial charge in [-0.2, -0.15) is 5.10 Å². The summed E-state index contributed by atoms with van der Waals surface area (Å²) in [6.45, 7) is 0.952. The van der Waals surface area contributed by atoms with E-state index < -0.39 is 0 Å². The van der Waals surface area contributed by atoms with Crippen LogP contribution in [-0.2, 0) is 13.1 Å². The molecule has 132 valence electrons. The third-order valence-electron chi connectivity index (χ3n) is 3.99. The number of aliphatic hydroxyl groups is 1. The fourth-order valence-corrected chi connectivity index (χ4v) is 3.56. The highest BCUT2D eigenvalue weighted by Crippen LogP contribution is 2.27. The summed E-state index contributed by atoms with van der Waals surface area (Å²) in [6, 6.07) is 7.65. The second kappa shape index (κ2) is 7.11. The van der Waals surface area contributed by atoms with Crippen LogP contribution < -0.4 is 5.32 Å². The third-order valence-corrected chi connectivity index (χ3v) is 5.13. The van der Waals surface area contributed by atoms with Gasteiger partial charge in [-0.15, -0.1) is 11.3 Å². The molecule has 0 atom stereocenters. The Morgan fingerprint density at radius 1 is 1.27 bits per heavy atom. The number of hydrogen-bond donors (Lipinski definition) is 2. The molecule has 0 spiro atoms. The summed E-state index contributed by atoms with van der Waals surface area (Å²) in [7, 11) is 0. The molecule has 0 unspecified atom stereocenters. The highest BCUT2D eigenvalue weighted by atomic mass is 32.1. The van der Waals surface area contributed by atoms with Crippen LogP contribution in [-0.4, -0.2) is 36.8 Å². The Morgan fingerprint density at radius 3 is 3.08 bits per heavy atom. The van der Waals surface area contributed by atoms with Gasteiger partial charge in [-0.05, 0) is 29.8 Å². The highest BCUT2D eigenvalue weighted by Gasteiger charge is 2.11. The van der Waals surface area contributed by atoms with Crippen molar-refractivity contribution in [2.24, 2.45) is 0 Å². The molecule has 1 amide bonds. The molecule has 0 radical (unpaired) electrons. The van der Waals surface area contributed by atoms with E-state index in [1.54, 1.807) is 17.1 Å². The van der Waals surface area contributed by atoms with Crippen LogP contribution in [0.4, 0.5) is 0 Å². The maximum atomic E-state index is 12.4. The zero-order chi connectivity index (χ0) is 17.9. The van der Waals surface area contributed by atoms with E-state index in [-0.39, 0.29) is 12.5 Å². The van der Waals surface area contributed by atoms with Gasteiger partial charge in [0.25, 0.3) is 5.91 Å². The molecule has 0 saturated heterocycles. The monoisotopic (exact) mass is 367 g/mol. The molecule has 26 heavy (non-hydrogen) atoms. The molecule has 0 bridgehead atoms. The highest BCUT2D eigenvalue weighted by molar-refractivity contribution is 7.17. The van der Waals surface area contributed by atoms with Crippen LogP contribution in [0.2, 0.25) is 0 Å². The van der Waals surface area contributed by atoms with Gasteiger partial charge in [0, 0.05) is 41.8 Å². The lowest BCUT2D eigenvalue weighted by Gasteiger charge is -2.04. The number of hydrogen-bond acceptors (Lipinski definition) is 5. The standard InChI is InChI=1S/C18H17N5O2S/c24-8-7-23-12-14(11-21-23)15-1-2-16(26-15)18(25)20-10-13-3-5-22-6-4-19-17(22)9-13/h1-6,9,11-12,24H,7-8,10H2,(H,20,25). The van der Waals surface area contributed by atoms with E-state index in [1.165, 1.54) is 11.3 Å². The molecule has 4 heterocycles. The number of fused-ring (bicyclic) bond motifs is 1. The average Bonchev–Trinajstić information content (AvgIpc) is 3.38. The lowest BCUT2D eigenvalue weighted by molar-refractivity contribution is 0.0955. The van der Waals surface area contributed by atoms with Gasteiger partial charge in [-0.25, -0.2) is 4.98 Å². The van der Waals surface area contributed by atoms with Crippen LogP contribution in [0.1, 0.15) is 15.2 Å². The Bertz CT molecular complexity index is 1050. The Hall–Kier alpha value is -2.97. The van der Waals surface area contributed by atoms with Crippen molar-refractivity contribution in [1.82, 2.24) is 24.5 Å². The molecule has 0 aliphatic heterocycles. The molecule has 0 fully saturated rings. The molecule has 8 heteroatoms. The van der Waals surface area contributed by atoms with E-state index in [4.69, 9.17) is 5.11 Å². The summed E-state index contributed by atoms with van der Waals surface area (Å²) < 4.78 is 3.61. The zero-order valence-electron chi connectivity index (χ0n) is 13.9. The van der Waals surface area contributed by atoms with E-state index in [0.717, 1.165) is 21.7 Å². The summed E-state index contributed by atoms with van der Waals surface area (Å²) in [5.74, 6) is -0.104. The number of amides is 1. The molecule has 0 aromatic carbocycles. The van der Waals surface area contributed by atoms with Gasteiger partial charge in [0.1, 0.15) is 5.65 Å². The van der Waals surface area contributed by atoms with Gasteiger partial charge >= 0.3 is 0 Å². The summed E-state index contributed by atoms with van der Waals surface area (Å²) in [4.78, 5) is 18.3. The Labute approximate surface area is 153 Å². The van der Waals surface area contributed by atoms with Crippen molar-refractivity contribution in [3.05, 3.63) is 65.7 Å². The van der Waals surface area contributed by atoms with Crippen LogP contribution in [0.3, 0.4) is 0 Å². The lowest BCUT2D eigenvalue weighted by atomic mass is 10.2. The Morgan fingerprint density at radius 2 is 2.19 bits per heavy atom. The van der Waals surface area contributed by atoms with E-state index in [1.807, 2.05) is 47.3 Å². The Kier molecular flexibility index (Phi) is 4.51. The normalized spacial score (nSPS) is 11.1. The van der Waals surface area contributed by atoms with E-state index in [2.05, 4.69) is 15.4 Å². The molecule has 4 rings (SSSR count). The number of pyridine rings is 1.